The van der Waals surface area contributed by atoms with Crippen molar-refractivity contribution in [1.29, 1.82) is 0 Å². The maximum atomic E-state index is 13.8. The lowest BCUT2D eigenvalue weighted by molar-refractivity contribution is -0.146. The Hall–Kier alpha value is -4.00. The van der Waals surface area contributed by atoms with E-state index in [9.17, 15) is 18.4 Å². The van der Waals surface area contributed by atoms with Gasteiger partial charge in [-0.25, -0.2) is 18.7 Å². The minimum atomic E-state index is -0.865. The smallest absolute Gasteiger partial charge is 0.242 e. The molecule has 2 atom stereocenters. The van der Waals surface area contributed by atoms with Crippen LogP contribution in [0.15, 0.2) is 30.6 Å². The summed E-state index contributed by atoms with van der Waals surface area (Å²) in [5, 5.41) is 11.1. The van der Waals surface area contributed by atoms with Gasteiger partial charge in [0.05, 0.1) is 35.4 Å². The molecule has 5 rings (SSSR count). The molecule has 3 heterocycles. The molecule has 1 aliphatic heterocycles. The van der Waals surface area contributed by atoms with E-state index in [4.69, 9.17) is 4.74 Å². The van der Waals surface area contributed by atoms with E-state index < -0.39 is 23.2 Å². The van der Waals surface area contributed by atoms with Gasteiger partial charge in [-0.3, -0.25) is 19.2 Å². The van der Waals surface area contributed by atoms with Crippen molar-refractivity contribution in [3.63, 3.8) is 0 Å². The van der Waals surface area contributed by atoms with Gasteiger partial charge in [0.15, 0.2) is 17.4 Å². The molecule has 1 N–H and O–H groups in total. The number of halogens is 2. The Morgan fingerprint density at radius 1 is 1.18 bits per heavy atom. The molecule has 0 spiro atoms. The number of hydrogen-bond donors (Lipinski definition) is 1. The number of anilines is 1. The van der Waals surface area contributed by atoms with Gasteiger partial charge in [-0.1, -0.05) is 5.21 Å². The third-order valence-corrected chi connectivity index (χ3v) is 7.65. The second-order valence-electron chi connectivity index (χ2n) is 10.9. The fourth-order valence-corrected chi connectivity index (χ4v) is 5.39. The summed E-state index contributed by atoms with van der Waals surface area (Å²) in [4.78, 5) is 38.7. The van der Waals surface area contributed by atoms with Crippen LogP contribution < -0.4 is 10.1 Å². The third kappa shape index (κ3) is 5.64. The Labute approximate surface area is 230 Å². The van der Waals surface area contributed by atoms with Crippen molar-refractivity contribution in [1.82, 2.24) is 34.8 Å². The van der Waals surface area contributed by atoms with Crippen LogP contribution in [0.2, 0.25) is 0 Å². The first-order valence-corrected chi connectivity index (χ1v) is 13.2. The van der Waals surface area contributed by atoms with E-state index in [0.29, 0.717) is 32.1 Å². The standard InChI is InChI=1S/C27H32F2N8O3/c1-16(25(38)32-23-13-31-24(14-30-23)40-22-8-6-18(28)12-19(22)29)36-9-10-37(27(2,3)15-36)26(39)17-5-7-21-20(11-17)33-34-35(21)4/h6,8,12-14,16-17H,5,7,9-11,15H2,1-4H3,(H,30,32,38)/t16-,17?/m0/s1. The Kier molecular flexibility index (Phi) is 7.49. The molecule has 0 radical (unpaired) electrons. The number of carbonyl (C=O) groups is 2. The number of ether oxygens (including phenoxy) is 1. The predicted octanol–water partition coefficient (Wildman–Crippen LogP) is 2.73. The number of piperazine rings is 1. The van der Waals surface area contributed by atoms with E-state index in [1.54, 1.807) is 4.68 Å². The molecule has 2 aromatic heterocycles. The zero-order valence-corrected chi connectivity index (χ0v) is 22.9. The number of nitrogens with one attached hydrogen (secondary N) is 1. The molecule has 11 nitrogen and oxygen atoms in total. The molecule has 0 saturated carbocycles. The van der Waals surface area contributed by atoms with Gasteiger partial charge in [0.1, 0.15) is 5.82 Å². The van der Waals surface area contributed by atoms with Crippen molar-refractivity contribution >= 4 is 17.6 Å². The van der Waals surface area contributed by atoms with Crippen molar-refractivity contribution < 1.29 is 23.1 Å². The minimum Gasteiger partial charge on any atom is -0.434 e. The molecule has 3 aromatic rings. The lowest BCUT2D eigenvalue weighted by atomic mass is 9.86. The first-order chi connectivity index (χ1) is 19.0. The average Bonchev–Trinajstić information content (AvgIpc) is 3.29. The molecule has 1 fully saturated rings. The number of benzene rings is 1. The normalized spacial score (nSPS) is 19.6. The lowest BCUT2D eigenvalue weighted by Gasteiger charge is -2.49. The summed E-state index contributed by atoms with van der Waals surface area (Å²) >= 11 is 0. The third-order valence-electron chi connectivity index (χ3n) is 7.65. The van der Waals surface area contributed by atoms with E-state index in [1.165, 1.54) is 12.4 Å². The van der Waals surface area contributed by atoms with E-state index in [0.717, 1.165) is 36.4 Å². The van der Waals surface area contributed by atoms with Crippen molar-refractivity contribution in [2.45, 2.75) is 51.6 Å². The number of nitrogens with zero attached hydrogens (tertiary/aromatic N) is 7. The molecule has 0 bridgehead atoms. The van der Waals surface area contributed by atoms with Crippen LogP contribution in [-0.2, 0) is 29.5 Å². The highest BCUT2D eigenvalue weighted by molar-refractivity contribution is 5.93. The molecule has 2 aliphatic rings. The Bertz CT molecular complexity index is 1410. The highest BCUT2D eigenvalue weighted by atomic mass is 19.1. The molecular weight excluding hydrogens is 522 g/mol. The van der Waals surface area contributed by atoms with Crippen molar-refractivity contribution in [2.75, 3.05) is 25.0 Å². The van der Waals surface area contributed by atoms with Gasteiger partial charge in [-0.05, 0) is 45.7 Å². The largest absolute Gasteiger partial charge is 0.434 e. The second kappa shape index (κ2) is 10.9. The number of amides is 2. The summed E-state index contributed by atoms with van der Waals surface area (Å²) in [6, 6.07) is 2.45. The van der Waals surface area contributed by atoms with Crippen molar-refractivity contribution in [3.05, 3.63) is 53.6 Å². The summed E-state index contributed by atoms with van der Waals surface area (Å²) in [7, 11) is 1.88. The summed E-state index contributed by atoms with van der Waals surface area (Å²) in [5.74, 6) is -1.85. The lowest BCUT2D eigenvalue weighted by Crippen LogP contribution is -2.64. The number of aromatic nitrogens is 5. The van der Waals surface area contributed by atoms with Crippen LogP contribution in [0.4, 0.5) is 14.6 Å². The van der Waals surface area contributed by atoms with E-state index in [2.05, 4.69) is 25.6 Å². The Balaban J connectivity index is 1.16. The monoisotopic (exact) mass is 554 g/mol. The van der Waals surface area contributed by atoms with Crippen LogP contribution in [-0.4, -0.2) is 77.8 Å². The summed E-state index contributed by atoms with van der Waals surface area (Å²) in [5.41, 5.74) is 1.53. The van der Waals surface area contributed by atoms with Crippen LogP contribution in [0.1, 0.15) is 38.6 Å². The number of rotatable bonds is 6. The molecule has 1 unspecified atom stereocenters. The van der Waals surface area contributed by atoms with Gasteiger partial charge >= 0.3 is 0 Å². The number of fused-ring (bicyclic) bond motifs is 1. The minimum absolute atomic E-state index is 0.00686. The quantitative estimate of drug-likeness (QED) is 0.494. The molecular formula is C27H32F2N8O3. The highest BCUT2D eigenvalue weighted by Gasteiger charge is 2.42. The van der Waals surface area contributed by atoms with Crippen LogP contribution >= 0.6 is 0 Å². The molecule has 1 saturated heterocycles. The van der Waals surface area contributed by atoms with Crippen LogP contribution in [0.25, 0.3) is 0 Å². The first kappa shape index (κ1) is 27.6. The maximum Gasteiger partial charge on any atom is 0.242 e. The van der Waals surface area contributed by atoms with Gasteiger partial charge in [-0.15, -0.1) is 5.10 Å². The highest BCUT2D eigenvalue weighted by Crippen LogP contribution is 2.30. The van der Waals surface area contributed by atoms with Gasteiger partial charge in [0, 0.05) is 45.1 Å². The Morgan fingerprint density at radius 3 is 2.67 bits per heavy atom. The number of hydrogen-bond acceptors (Lipinski definition) is 8. The maximum absolute atomic E-state index is 13.8. The van der Waals surface area contributed by atoms with Gasteiger partial charge < -0.3 is 15.0 Å². The number of aryl methyl sites for hydroxylation is 1. The zero-order chi connectivity index (χ0) is 28.6. The molecule has 13 heteroatoms. The average molecular weight is 555 g/mol. The molecule has 40 heavy (non-hydrogen) atoms. The van der Waals surface area contributed by atoms with E-state index >= 15 is 0 Å². The SMILES string of the molecule is C[C@@H](C(=O)Nc1cnc(Oc2ccc(F)cc2F)cn1)N1CCN(C(=O)C2CCc3c(nnn3C)C2)C(C)(C)C1. The summed E-state index contributed by atoms with van der Waals surface area (Å²) in [6.07, 6.45) is 4.69. The van der Waals surface area contributed by atoms with Crippen LogP contribution in [0, 0.1) is 17.6 Å². The fourth-order valence-electron chi connectivity index (χ4n) is 5.39. The fraction of sp³-hybridized carbons (Fsp3) is 0.481. The molecule has 1 aliphatic carbocycles. The first-order valence-electron chi connectivity index (χ1n) is 13.2. The second-order valence-corrected chi connectivity index (χ2v) is 10.9. The van der Waals surface area contributed by atoms with Crippen molar-refractivity contribution in [3.8, 4) is 11.6 Å². The van der Waals surface area contributed by atoms with Crippen molar-refractivity contribution in [2.24, 2.45) is 13.0 Å². The predicted molar refractivity (Wildman–Crippen MR) is 140 cm³/mol. The Morgan fingerprint density at radius 2 is 1.98 bits per heavy atom. The van der Waals surface area contributed by atoms with E-state index in [1.807, 2.05) is 37.6 Å². The number of carbonyl (C=O) groups excluding carboxylic acids is 2. The topological polar surface area (TPSA) is 118 Å². The van der Waals surface area contributed by atoms with E-state index in [-0.39, 0.29) is 35.2 Å². The van der Waals surface area contributed by atoms with Gasteiger partial charge in [-0.2, -0.15) is 0 Å². The molecule has 212 valence electrons. The molecule has 1 aromatic carbocycles. The summed E-state index contributed by atoms with van der Waals surface area (Å²) in [6.45, 7) is 7.44. The van der Waals surface area contributed by atoms with Gasteiger partial charge in [0.25, 0.3) is 0 Å². The molecule has 2 amide bonds. The van der Waals surface area contributed by atoms with Crippen LogP contribution in [0.5, 0.6) is 11.6 Å². The van der Waals surface area contributed by atoms with Crippen LogP contribution in [0.3, 0.4) is 0 Å². The van der Waals surface area contributed by atoms with Gasteiger partial charge in [0.2, 0.25) is 17.7 Å². The summed E-state index contributed by atoms with van der Waals surface area (Å²) < 4.78 is 34.0. The zero-order valence-electron chi connectivity index (χ0n) is 22.9.